The van der Waals surface area contributed by atoms with Gasteiger partial charge >= 0.3 is 5.97 Å². The number of nitrogens with one attached hydrogen (secondary N) is 1. The molecule has 18 heavy (non-hydrogen) atoms. The fourth-order valence-electron chi connectivity index (χ4n) is 1.99. The number of carbonyl (C=O) groups excluding carboxylic acids is 1. The summed E-state index contributed by atoms with van der Waals surface area (Å²) in [6.45, 7) is 5.00. The van der Waals surface area contributed by atoms with Gasteiger partial charge in [0.15, 0.2) is 5.13 Å². The molecule has 1 aliphatic rings. The van der Waals surface area contributed by atoms with Crippen LogP contribution in [-0.4, -0.2) is 35.1 Å². The topological polar surface area (TPSA) is 51.2 Å². The first kappa shape index (κ1) is 13.7. The number of aromatic nitrogens is 1. The van der Waals surface area contributed by atoms with E-state index in [1.54, 1.807) is 0 Å². The largest absolute Gasteiger partial charge is 0.465 e. The Morgan fingerprint density at radius 2 is 2.39 bits per heavy atom. The maximum Gasteiger partial charge on any atom is 0.350 e. The SMILES string of the molecule is COC(=O)c1sc(NCC2(C)CCCS2)nc1C. The number of anilines is 1. The Morgan fingerprint density at radius 3 is 3.00 bits per heavy atom. The quantitative estimate of drug-likeness (QED) is 0.862. The van der Waals surface area contributed by atoms with Gasteiger partial charge in [-0.3, -0.25) is 0 Å². The smallest absolute Gasteiger partial charge is 0.350 e. The minimum absolute atomic E-state index is 0.297. The highest BCUT2D eigenvalue weighted by Crippen LogP contribution is 2.38. The van der Waals surface area contributed by atoms with E-state index in [0.29, 0.717) is 9.62 Å². The second-order valence-electron chi connectivity index (χ2n) is 4.68. The highest BCUT2D eigenvalue weighted by atomic mass is 32.2. The lowest BCUT2D eigenvalue weighted by Crippen LogP contribution is -2.26. The zero-order valence-corrected chi connectivity index (χ0v) is 12.5. The van der Waals surface area contributed by atoms with E-state index in [9.17, 15) is 4.79 Å². The van der Waals surface area contributed by atoms with Gasteiger partial charge < -0.3 is 10.1 Å². The van der Waals surface area contributed by atoms with Gasteiger partial charge in [-0.15, -0.1) is 0 Å². The molecule has 1 saturated heterocycles. The number of nitrogens with zero attached hydrogens (tertiary/aromatic N) is 1. The van der Waals surface area contributed by atoms with Crippen LogP contribution in [0.5, 0.6) is 0 Å². The van der Waals surface area contributed by atoms with Gasteiger partial charge in [-0.2, -0.15) is 11.8 Å². The van der Waals surface area contributed by atoms with Crippen LogP contribution in [0.3, 0.4) is 0 Å². The Kier molecular flexibility index (Phi) is 4.17. The van der Waals surface area contributed by atoms with Crippen LogP contribution in [-0.2, 0) is 4.74 Å². The first-order valence-electron chi connectivity index (χ1n) is 5.98. The number of aryl methyl sites for hydroxylation is 1. The molecule has 2 rings (SSSR count). The molecule has 0 saturated carbocycles. The Morgan fingerprint density at radius 1 is 1.61 bits per heavy atom. The Bertz CT molecular complexity index is 439. The Balaban J connectivity index is 2.00. The summed E-state index contributed by atoms with van der Waals surface area (Å²) in [6, 6.07) is 0. The molecule has 0 aromatic carbocycles. The molecule has 1 N–H and O–H groups in total. The minimum Gasteiger partial charge on any atom is -0.465 e. The molecule has 4 nitrogen and oxygen atoms in total. The molecule has 0 amide bonds. The molecule has 1 aromatic heterocycles. The maximum atomic E-state index is 11.5. The lowest BCUT2D eigenvalue weighted by atomic mass is 10.1. The number of ether oxygens (including phenoxy) is 1. The van der Waals surface area contributed by atoms with Crippen molar-refractivity contribution in [2.75, 3.05) is 24.7 Å². The fraction of sp³-hybridized carbons (Fsp3) is 0.667. The molecular weight excluding hydrogens is 268 g/mol. The average molecular weight is 286 g/mol. The molecule has 0 bridgehead atoms. The van der Waals surface area contributed by atoms with Crippen LogP contribution in [0, 0.1) is 6.92 Å². The van der Waals surface area contributed by atoms with Crippen LogP contribution in [0.2, 0.25) is 0 Å². The molecule has 1 aliphatic heterocycles. The molecular formula is C12H18N2O2S2. The summed E-state index contributed by atoms with van der Waals surface area (Å²) in [5.74, 6) is 0.933. The zero-order chi connectivity index (χ0) is 13.2. The minimum atomic E-state index is -0.306. The zero-order valence-electron chi connectivity index (χ0n) is 10.9. The molecule has 0 aliphatic carbocycles. The van der Waals surface area contributed by atoms with E-state index < -0.39 is 0 Å². The van der Waals surface area contributed by atoms with Crippen LogP contribution in [0.1, 0.15) is 35.1 Å². The van der Waals surface area contributed by atoms with Crippen LogP contribution in [0.4, 0.5) is 5.13 Å². The van der Waals surface area contributed by atoms with Gasteiger partial charge in [0.2, 0.25) is 0 Å². The van der Waals surface area contributed by atoms with Crippen molar-refractivity contribution < 1.29 is 9.53 Å². The summed E-state index contributed by atoms with van der Waals surface area (Å²) < 4.78 is 5.02. The number of rotatable bonds is 4. The average Bonchev–Trinajstić information content (AvgIpc) is 2.93. The van der Waals surface area contributed by atoms with Crippen molar-refractivity contribution in [3.8, 4) is 0 Å². The number of carbonyl (C=O) groups is 1. The highest BCUT2D eigenvalue weighted by molar-refractivity contribution is 8.00. The van der Waals surface area contributed by atoms with E-state index in [1.165, 1.54) is 37.0 Å². The number of thioether (sulfide) groups is 1. The molecule has 6 heteroatoms. The third-order valence-electron chi connectivity index (χ3n) is 3.08. The molecule has 1 aromatic rings. The molecule has 1 unspecified atom stereocenters. The second kappa shape index (κ2) is 5.48. The van der Waals surface area contributed by atoms with Crippen molar-refractivity contribution in [3.63, 3.8) is 0 Å². The Hall–Kier alpha value is -0.750. The van der Waals surface area contributed by atoms with Crippen LogP contribution in [0.25, 0.3) is 0 Å². The summed E-state index contributed by atoms with van der Waals surface area (Å²) in [6.07, 6.45) is 2.52. The van der Waals surface area contributed by atoms with E-state index in [-0.39, 0.29) is 5.97 Å². The van der Waals surface area contributed by atoms with E-state index in [2.05, 4.69) is 17.2 Å². The highest BCUT2D eigenvalue weighted by Gasteiger charge is 2.29. The van der Waals surface area contributed by atoms with Gasteiger partial charge in [-0.05, 0) is 32.4 Å². The standard InChI is InChI=1S/C12H18N2O2S2/c1-8-9(10(15)16-3)18-11(14-8)13-7-12(2)5-4-6-17-12/h4-7H2,1-3H3,(H,13,14). The molecule has 0 spiro atoms. The number of hydrogen-bond acceptors (Lipinski definition) is 6. The summed E-state index contributed by atoms with van der Waals surface area (Å²) in [5, 5.41) is 4.15. The molecule has 2 heterocycles. The summed E-state index contributed by atoms with van der Waals surface area (Å²) in [5.41, 5.74) is 0.735. The summed E-state index contributed by atoms with van der Waals surface area (Å²) in [7, 11) is 1.39. The predicted molar refractivity (Wildman–Crippen MR) is 76.8 cm³/mol. The van der Waals surface area contributed by atoms with Crippen molar-refractivity contribution in [2.45, 2.75) is 31.4 Å². The Labute approximate surface area is 116 Å². The summed E-state index contributed by atoms with van der Waals surface area (Å²) in [4.78, 5) is 16.4. The van der Waals surface area contributed by atoms with Crippen LogP contribution >= 0.6 is 23.1 Å². The van der Waals surface area contributed by atoms with Crippen molar-refractivity contribution in [1.82, 2.24) is 4.98 Å². The first-order chi connectivity index (χ1) is 8.54. The van der Waals surface area contributed by atoms with Gasteiger partial charge in [0, 0.05) is 11.3 Å². The number of thiazole rings is 1. The molecule has 1 atom stereocenters. The fourth-order valence-corrected chi connectivity index (χ4v) is 4.12. The third-order valence-corrected chi connectivity index (χ3v) is 5.71. The van der Waals surface area contributed by atoms with E-state index in [0.717, 1.165) is 17.4 Å². The van der Waals surface area contributed by atoms with Crippen molar-refractivity contribution in [3.05, 3.63) is 10.6 Å². The van der Waals surface area contributed by atoms with Crippen molar-refractivity contribution in [2.24, 2.45) is 0 Å². The van der Waals surface area contributed by atoms with Gasteiger partial charge in [-0.1, -0.05) is 11.3 Å². The van der Waals surface area contributed by atoms with Crippen molar-refractivity contribution >= 4 is 34.2 Å². The van der Waals surface area contributed by atoms with Crippen LogP contribution in [0.15, 0.2) is 0 Å². The third kappa shape index (κ3) is 2.98. The second-order valence-corrected chi connectivity index (χ2v) is 7.36. The lowest BCUT2D eigenvalue weighted by Gasteiger charge is -2.22. The summed E-state index contributed by atoms with van der Waals surface area (Å²) >= 11 is 3.38. The molecule has 0 radical (unpaired) electrons. The number of esters is 1. The number of methoxy groups -OCH3 is 1. The normalized spacial score (nSPS) is 23.1. The van der Waals surface area contributed by atoms with E-state index in [4.69, 9.17) is 4.74 Å². The first-order valence-corrected chi connectivity index (χ1v) is 7.78. The monoisotopic (exact) mass is 286 g/mol. The van der Waals surface area contributed by atoms with Gasteiger partial charge in [0.1, 0.15) is 4.88 Å². The van der Waals surface area contributed by atoms with Gasteiger partial charge in [0.25, 0.3) is 0 Å². The molecule has 1 fully saturated rings. The van der Waals surface area contributed by atoms with Gasteiger partial charge in [-0.25, -0.2) is 9.78 Å². The maximum absolute atomic E-state index is 11.5. The van der Waals surface area contributed by atoms with Crippen molar-refractivity contribution in [1.29, 1.82) is 0 Å². The number of hydrogen-bond donors (Lipinski definition) is 1. The predicted octanol–water partition coefficient (Wildman–Crippen LogP) is 2.94. The lowest BCUT2D eigenvalue weighted by molar-refractivity contribution is 0.0605. The van der Waals surface area contributed by atoms with E-state index in [1.807, 2.05) is 18.7 Å². The van der Waals surface area contributed by atoms with E-state index >= 15 is 0 Å². The van der Waals surface area contributed by atoms with Crippen LogP contribution < -0.4 is 5.32 Å². The molecule has 100 valence electrons. The van der Waals surface area contributed by atoms with Gasteiger partial charge in [0.05, 0.1) is 12.8 Å².